The third kappa shape index (κ3) is 5.98. The van der Waals surface area contributed by atoms with Crippen molar-refractivity contribution in [1.29, 1.82) is 0 Å². The molecule has 0 saturated heterocycles. The van der Waals surface area contributed by atoms with Crippen LogP contribution in [0, 0.1) is 0 Å². The molecule has 4 heteroatoms. The van der Waals surface area contributed by atoms with Crippen LogP contribution < -0.4 is 9.47 Å². The maximum atomic E-state index is 11.8. The smallest absolute Gasteiger partial charge is 0.336 e. The van der Waals surface area contributed by atoms with Gasteiger partial charge in [-0.2, -0.15) is 0 Å². The van der Waals surface area contributed by atoms with Crippen molar-refractivity contribution in [2.75, 3.05) is 13.7 Å². The van der Waals surface area contributed by atoms with Gasteiger partial charge in [0.1, 0.15) is 11.5 Å². The Morgan fingerprint density at radius 2 is 1.69 bits per heavy atom. The number of hydrogen-bond donors (Lipinski definition) is 1. The quantitative estimate of drug-likeness (QED) is 0.306. The number of ether oxygens (including phenoxy) is 2. The van der Waals surface area contributed by atoms with Crippen molar-refractivity contribution in [2.24, 2.45) is 0 Å². The van der Waals surface area contributed by atoms with E-state index in [0.717, 1.165) is 24.2 Å². The molecule has 0 saturated carbocycles. The summed E-state index contributed by atoms with van der Waals surface area (Å²) in [5, 5.41) is 9.63. The van der Waals surface area contributed by atoms with E-state index in [0.29, 0.717) is 17.9 Å². The molecule has 3 aromatic rings. The Morgan fingerprint density at radius 1 is 0.931 bits per heavy atom. The van der Waals surface area contributed by atoms with Gasteiger partial charge in [-0.05, 0) is 59.9 Å². The van der Waals surface area contributed by atoms with Crippen molar-refractivity contribution in [2.45, 2.75) is 12.8 Å². The average Bonchev–Trinajstić information content (AvgIpc) is 2.76. The summed E-state index contributed by atoms with van der Waals surface area (Å²) in [6, 6.07) is 24.7. The summed E-state index contributed by atoms with van der Waals surface area (Å²) >= 11 is 0. The van der Waals surface area contributed by atoms with Crippen LogP contribution >= 0.6 is 0 Å². The lowest BCUT2D eigenvalue weighted by Gasteiger charge is -2.08. The molecule has 29 heavy (non-hydrogen) atoms. The normalized spacial score (nSPS) is 11.1. The second kappa shape index (κ2) is 10.1. The van der Waals surface area contributed by atoms with E-state index in [2.05, 4.69) is 12.1 Å². The fourth-order valence-electron chi connectivity index (χ4n) is 3.01. The molecule has 0 heterocycles. The minimum absolute atomic E-state index is 0.217. The highest BCUT2D eigenvalue weighted by Crippen LogP contribution is 2.23. The van der Waals surface area contributed by atoms with E-state index in [1.807, 2.05) is 42.5 Å². The highest BCUT2D eigenvalue weighted by molar-refractivity contribution is 6.20. The van der Waals surface area contributed by atoms with E-state index < -0.39 is 5.97 Å². The molecule has 0 bridgehead atoms. The second-order valence-corrected chi connectivity index (χ2v) is 6.60. The molecule has 0 aromatic heterocycles. The predicted molar refractivity (Wildman–Crippen MR) is 115 cm³/mol. The molecule has 0 radical (unpaired) electrons. The number of carboxylic acids is 1. The minimum Gasteiger partial charge on any atom is -0.497 e. The van der Waals surface area contributed by atoms with Gasteiger partial charge in [0, 0.05) is 0 Å². The van der Waals surface area contributed by atoms with Gasteiger partial charge in [0.05, 0.1) is 19.3 Å². The van der Waals surface area contributed by atoms with Crippen LogP contribution in [0.5, 0.6) is 11.5 Å². The van der Waals surface area contributed by atoms with E-state index in [9.17, 15) is 9.90 Å². The van der Waals surface area contributed by atoms with Gasteiger partial charge in [-0.3, -0.25) is 0 Å². The average molecular weight is 388 g/mol. The highest BCUT2D eigenvalue weighted by atomic mass is 16.5. The second-order valence-electron chi connectivity index (χ2n) is 6.60. The Labute approximate surface area is 171 Å². The molecular formula is C25H24O4. The number of rotatable bonds is 9. The standard InChI is InChI=1S/C25H24O4/c1-28-22-14-12-21(13-15-22)24(25(26)27)18-20-9-5-11-23(17-20)29-16-6-10-19-7-3-2-4-8-19/h2-5,7-9,11-15,17-18H,6,10,16H2,1H3,(H,26,27)/b24-18-. The first kappa shape index (κ1) is 20.2. The molecule has 3 aromatic carbocycles. The van der Waals surface area contributed by atoms with Crippen molar-refractivity contribution < 1.29 is 19.4 Å². The molecule has 148 valence electrons. The van der Waals surface area contributed by atoms with Crippen LogP contribution in [0.4, 0.5) is 0 Å². The van der Waals surface area contributed by atoms with Crippen molar-refractivity contribution in [3.63, 3.8) is 0 Å². The fraction of sp³-hybridized carbons (Fsp3) is 0.160. The molecule has 3 rings (SSSR count). The van der Waals surface area contributed by atoms with Gasteiger partial charge in [0.15, 0.2) is 0 Å². The summed E-state index contributed by atoms with van der Waals surface area (Å²) in [5.41, 5.74) is 2.90. The fourth-order valence-corrected chi connectivity index (χ4v) is 3.01. The number of aliphatic carboxylic acids is 1. The molecular weight excluding hydrogens is 364 g/mol. The van der Waals surface area contributed by atoms with Gasteiger partial charge in [-0.25, -0.2) is 4.79 Å². The lowest BCUT2D eigenvalue weighted by Crippen LogP contribution is -2.01. The van der Waals surface area contributed by atoms with Crippen molar-refractivity contribution >= 4 is 17.6 Å². The molecule has 0 atom stereocenters. The van der Waals surface area contributed by atoms with E-state index in [1.54, 1.807) is 37.5 Å². The third-order valence-electron chi connectivity index (χ3n) is 4.52. The Balaban J connectivity index is 1.67. The van der Waals surface area contributed by atoms with E-state index in [-0.39, 0.29) is 5.57 Å². The molecule has 0 spiro atoms. The van der Waals surface area contributed by atoms with E-state index in [4.69, 9.17) is 9.47 Å². The first-order valence-corrected chi connectivity index (χ1v) is 9.52. The van der Waals surface area contributed by atoms with Gasteiger partial charge in [-0.1, -0.05) is 54.6 Å². The minimum atomic E-state index is -0.982. The molecule has 0 fully saturated rings. The van der Waals surface area contributed by atoms with Gasteiger partial charge in [-0.15, -0.1) is 0 Å². The van der Waals surface area contributed by atoms with Crippen LogP contribution in [-0.4, -0.2) is 24.8 Å². The van der Waals surface area contributed by atoms with Crippen LogP contribution in [0.1, 0.15) is 23.1 Å². The van der Waals surface area contributed by atoms with Crippen LogP contribution in [0.2, 0.25) is 0 Å². The SMILES string of the molecule is COc1ccc(/C(=C/c2cccc(OCCCc3ccccc3)c2)C(=O)O)cc1. The van der Waals surface area contributed by atoms with Crippen LogP contribution in [0.25, 0.3) is 11.6 Å². The lowest BCUT2D eigenvalue weighted by molar-refractivity contribution is -0.130. The number of hydrogen-bond acceptors (Lipinski definition) is 3. The zero-order chi connectivity index (χ0) is 20.5. The van der Waals surface area contributed by atoms with Gasteiger partial charge in [0.25, 0.3) is 0 Å². The maximum absolute atomic E-state index is 11.8. The van der Waals surface area contributed by atoms with Crippen LogP contribution in [-0.2, 0) is 11.2 Å². The topological polar surface area (TPSA) is 55.8 Å². The van der Waals surface area contributed by atoms with E-state index in [1.165, 1.54) is 5.56 Å². The van der Waals surface area contributed by atoms with Crippen LogP contribution in [0.3, 0.4) is 0 Å². The summed E-state index contributed by atoms with van der Waals surface area (Å²) in [6.07, 6.45) is 3.53. The zero-order valence-electron chi connectivity index (χ0n) is 16.4. The number of carbonyl (C=O) groups is 1. The predicted octanol–water partition coefficient (Wildman–Crippen LogP) is 5.33. The van der Waals surface area contributed by atoms with Crippen molar-refractivity contribution in [3.8, 4) is 11.5 Å². The molecule has 0 aliphatic heterocycles. The van der Waals surface area contributed by atoms with Crippen molar-refractivity contribution in [3.05, 3.63) is 95.6 Å². The lowest BCUT2D eigenvalue weighted by atomic mass is 10.0. The van der Waals surface area contributed by atoms with Gasteiger partial charge < -0.3 is 14.6 Å². The first-order chi connectivity index (χ1) is 14.2. The van der Waals surface area contributed by atoms with Crippen LogP contribution in [0.15, 0.2) is 78.9 Å². The number of carboxylic acid groups (broad SMARTS) is 1. The summed E-state index contributed by atoms with van der Waals surface area (Å²) < 4.78 is 11.0. The third-order valence-corrected chi connectivity index (χ3v) is 4.52. The van der Waals surface area contributed by atoms with Crippen molar-refractivity contribution in [1.82, 2.24) is 0 Å². The summed E-state index contributed by atoms with van der Waals surface area (Å²) in [6.45, 7) is 0.604. The molecule has 0 aliphatic rings. The summed E-state index contributed by atoms with van der Waals surface area (Å²) in [7, 11) is 1.58. The maximum Gasteiger partial charge on any atom is 0.336 e. The summed E-state index contributed by atoms with van der Waals surface area (Å²) in [4.78, 5) is 11.8. The van der Waals surface area contributed by atoms with E-state index >= 15 is 0 Å². The monoisotopic (exact) mass is 388 g/mol. The number of aryl methyl sites for hydroxylation is 1. The largest absolute Gasteiger partial charge is 0.497 e. The Kier molecular flexibility index (Phi) is 7.06. The Hall–Kier alpha value is -3.53. The Bertz CT molecular complexity index is 960. The molecule has 0 aliphatic carbocycles. The first-order valence-electron chi connectivity index (χ1n) is 9.52. The Morgan fingerprint density at radius 3 is 2.38 bits per heavy atom. The molecule has 4 nitrogen and oxygen atoms in total. The van der Waals surface area contributed by atoms with Gasteiger partial charge in [0.2, 0.25) is 0 Å². The molecule has 0 unspecified atom stereocenters. The number of methoxy groups -OCH3 is 1. The zero-order valence-corrected chi connectivity index (χ0v) is 16.4. The van der Waals surface area contributed by atoms with Gasteiger partial charge >= 0.3 is 5.97 Å². The summed E-state index contributed by atoms with van der Waals surface area (Å²) in [5.74, 6) is 0.431. The highest BCUT2D eigenvalue weighted by Gasteiger charge is 2.11. The number of benzene rings is 3. The molecule has 1 N–H and O–H groups in total. The molecule has 0 amide bonds.